The lowest BCUT2D eigenvalue weighted by molar-refractivity contribution is -0.120. The lowest BCUT2D eigenvalue weighted by Crippen LogP contribution is -2.31. The third-order valence-corrected chi connectivity index (χ3v) is 5.33. The van der Waals surface area contributed by atoms with Gasteiger partial charge >= 0.3 is 0 Å². The van der Waals surface area contributed by atoms with E-state index in [0.29, 0.717) is 17.5 Å². The summed E-state index contributed by atoms with van der Waals surface area (Å²) < 4.78 is 40.3. The SMILES string of the molecule is CC(=O)c1cccc(S(=O)(=O)NCCC(=O)NCCc2ccccc2F)c1. The van der Waals surface area contributed by atoms with Gasteiger partial charge in [0, 0.05) is 25.1 Å². The van der Waals surface area contributed by atoms with E-state index < -0.39 is 10.0 Å². The maximum Gasteiger partial charge on any atom is 0.240 e. The van der Waals surface area contributed by atoms with Crippen LogP contribution in [0.1, 0.15) is 29.3 Å². The van der Waals surface area contributed by atoms with Gasteiger partial charge in [0.1, 0.15) is 5.82 Å². The zero-order chi connectivity index (χ0) is 19.9. The highest BCUT2D eigenvalue weighted by atomic mass is 32.2. The summed E-state index contributed by atoms with van der Waals surface area (Å²) in [6.07, 6.45) is 0.297. The second-order valence-corrected chi connectivity index (χ2v) is 7.69. The molecule has 0 aliphatic carbocycles. The molecule has 0 saturated heterocycles. The predicted molar refractivity (Wildman–Crippen MR) is 99.4 cm³/mol. The van der Waals surface area contributed by atoms with E-state index in [9.17, 15) is 22.4 Å². The van der Waals surface area contributed by atoms with Crippen molar-refractivity contribution in [3.63, 3.8) is 0 Å². The van der Waals surface area contributed by atoms with Crippen LogP contribution in [0.4, 0.5) is 4.39 Å². The van der Waals surface area contributed by atoms with Gasteiger partial charge in [-0.05, 0) is 37.1 Å². The number of hydrogen-bond donors (Lipinski definition) is 2. The van der Waals surface area contributed by atoms with Crippen LogP contribution in [0.25, 0.3) is 0 Å². The summed E-state index contributed by atoms with van der Waals surface area (Å²) in [5.74, 6) is -0.903. The number of nitrogens with one attached hydrogen (secondary N) is 2. The standard InChI is InChI=1S/C19H21FN2O4S/c1-14(23)16-6-4-7-17(13-16)27(25,26)22-12-10-19(24)21-11-9-15-5-2-3-8-18(15)20/h2-8,13,22H,9-12H2,1H3,(H,21,24). The lowest BCUT2D eigenvalue weighted by Gasteiger charge is -2.09. The van der Waals surface area contributed by atoms with Crippen LogP contribution in [0, 0.1) is 5.82 Å². The van der Waals surface area contributed by atoms with Crippen molar-refractivity contribution in [1.82, 2.24) is 10.0 Å². The second-order valence-electron chi connectivity index (χ2n) is 5.92. The number of rotatable bonds is 9. The molecule has 2 aromatic rings. The molecule has 6 nitrogen and oxygen atoms in total. The molecular weight excluding hydrogens is 371 g/mol. The molecule has 2 aromatic carbocycles. The van der Waals surface area contributed by atoms with Crippen LogP contribution in [-0.2, 0) is 21.2 Å². The number of halogens is 1. The highest BCUT2D eigenvalue weighted by Crippen LogP contribution is 2.12. The maximum absolute atomic E-state index is 13.5. The number of carbonyl (C=O) groups excluding carboxylic acids is 2. The van der Waals surface area contributed by atoms with E-state index in [1.54, 1.807) is 18.2 Å². The van der Waals surface area contributed by atoms with Gasteiger partial charge in [0.25, 0.3) is 0 Å². The van der Waals surface area contributed by atoms with E-state index in [0.717, 1.165) is 0 Å². The highest BCUT2D eigenvalue weighted by Gasteiger charge is 2.15. The molecule has 0 aliphatic rings. The van der Waals surface area contributed by atoms with Gasteiger partial charge in [-0.1, -0.05) is 30.3 Å². The number of ketones is 1. The van der Waals surface area contributed by atoms with Gasteiger partial charge < -0.3 is 5.32 Å². The Labute approximate surface area is 157 Å². The molecule has 0 heterocycles. The first-order chi connectivity index (χ1) is 12.8. The summed E-state index contributed by atoms with van der Waals surface area (Å²) in [5.41, 5.74) is 0.799. The predicted octanol–water partition coefficient (Wildman–Crippen LogP) is 2.06. The first-order valence-corrected chi connectivity index (χ1v) is 9.88. The fourth-order valence-corrected chi connectivity index (χ4v) is 3.47. The molecule has 27 heavy (non-hydrogen) atoms. The fraction of sp³-hybridized carbons (Fsp3) is 0.263. The summed E-state index contributed by atoms with van der Waals surface area (Å²) in [5, 5.41) is 2.62. The van der Waals surface area contributed by atoms with Crippen LogP contribution >= 0.6 is 0 Å². The smallest absolute Gasteiger partial charge is 0.240 e. The summed E-state index contributed by atoms with van der Waals surface area (Å²) in [4.78, 5) is 23.1. The third kappa shape index (κ3) is 6.26. The van der Waals surface area contributed by atoms with Crippen molar-refractivity contribution in [3.05, 3.63) is 65.5 Å². The molecule has 144 valence electrons. The lowest BCUT2D eigenvalue weighted by atomic mass is 10.1. The molecule has 2 rings (SSSR count). The van der Waals surface area contributed by atoms with Gasteiger partial charge in [-0.3, -0.25) is 9.59 Å². The maximum atomic E-state index is 13.5. The van der Waals surface area contributed by atoms with Crippen molar-refractivity contribution < 1.29 is 22.4 Å². The molecule has 0 aliphatic heterocycles. The molecule has 1 amide bonds. The monoisotopic (exact) mass is 392 g/mol. The molecule has 0 unspecified atom stereocenters. The Morgan fingerprint density at radius 1 is 1.04 bits per heavy atom. The van der Waals surface area contributed by atoms with Gasteiger partial charge in [0.15, 0.2) is 5.78 Å². The Morgan fingerprint density at radius 3 is 2.48 bits per heavy atom. The summed E-state index contributed by atoms with van der Waals surface area (Å²) in [7, 11) is -3.81. The first-order valence-electron chi connectivity index (χ1n) is 8.40. The van der Waals surface area contributed by atoms with Crippen molar-refractivity contribution >= 4 is 21.7 Å². The number of carbonyl (C=O) groups is 2. The quantitative estimate of drug-likeness (QED) is 0.639. The van der Waals surface area contributed by atoms with Crippen LogP contribution in [0.3, 0.4) is 0 Å². The first kappa shape index (κ1) is 20.7. The molecule has 0 aromatic heterocycles. The minimum absolute atomic E-state index is 0.0323. The fourth-order valence-electron chi connectivity index (χ4n) is 2.39. The molecule has 0 saturated carbocycles. The summed E-state index contributed by atoms with van der Waals surface area (Å²) in [6.45, 7) is 1.52. The van der Waals surface area contributed by atoms with Crippen molar-refractivity contribution in [2.75, 3.05) is 13.1 Å². The van der Waals surface area contributed by atoms with E-state index in [2.05, 4.69) is 10.0 Å². The number of Topliss-reactive ketones (excluding diaryl/α,β-unsaturated/α-hetero) is 1. The van der Waals surface area contributed by atoms with E-state index in [1.807, 2.05) is 0 Å². The number of sulfonamides is 1. The Kier molecular flexibility index (Phi) is 7.20. The average molecular weight is 392 g/mol. The van der Waals surface area contributed by atoms with Crippen LogP contribution in [0.15, 0.2) is 53.4 Å². The van der Waals surface area contributed by atoms with Crippen molar-refractivity contribution in [3.8, 4) is 0 Å². The van der Waals surface area contributed by atoms with Gasteiger partial charge in [0.05, 0.1) is 4.90 Å². The molecule has 0 radical (unpaired) electrons. The van der Waals surface area contributed by atoms with E-state index in [1.165, 1.54) is 37.3 Å². The van der Waals surface area contributed by atoms with Crippen LogP contribution in [0.5, 0.6) is 0 Å². The molecule has 0 spiro atoms. The largest absolute Gasteiger partial charge is 0.356 e. The van der Waals surface area contributed by atoms with Gasteiger partial charge in [0.2, 0.25) is 15.9 Å². The Hall–Kier alpha value is -2.58. The molecule has 0 fully saturated rings. The zero-order valence-corrected chi connectivity index (χ0v) is 15.7. The van der Waals surface area contributed by atoms with Gasteiger partial charge in [-0.15, -0.1) is 0 Å². The molecule has 0 bridgehead atoms. The van der Waals surface area contributed by atoms with Crippen LogP contribution in [0.2, 0.25) is 0 Å². The molecule has 0 atom stereocenters. The normalized spacial score (nSPS) is 11.2. The third-order valence-electron chi connectivity index (χ3n) is 3.87. The van der Waals surface area contributed by atoms with Crippen LogP contribution < -0.4 is 10.0 Å². The van der Waals surface area contributed by atoms with Gasteiger partial charge in [-0.2, -0.15) is 0 Å². The van der Waals surface area contributed by atoms with E-state index >= 15 is 0 Å². The Morgan fingerprint density at radius 2 is 1.78 bits per heavy atom. The minimum Gasteiger partial charge on any atom is -0.356 e. The van der Waals surface area contributed by atoms with Crippen molar-refractivity contribution in [1.29, 1.82) is 0 Å². The van der Waals surface area contributed by atoms with Crippen molar-refractivity contribution in [2.24, 2.45) is 0 Å². The molecular formula is C19H21FN2O4S. The number of amides is 1. The van der Waals surface area contributed by atoms with Gasteiger partial charge in [-0.25, -0.2) is 17.5 Å². The second kappa shape index (κ2) is 9.38. The summed E-state index contributed by atoms with van der Waals surface area (Å²) >= 11 is 0. The topological polar surface area (TPSA) is 92.3 Å². The Bertz CT molecular complexity index is 929. The highest BCUT2D eigenvalue weighted by molar-refractivity contribution is 7.89. The molecule has 2 N–H and O–H groups in total. The zero-order valence-electron chi connectivity index (χ0n) is 14.9. The number of hydrogen-bond acceptors (Lipinski definition) is 4. The average Bonchev–Trinajstić information content (AvgIpc) is 2.63. The van der Waals surface area contributed by atoms with Crippen LogP contribution in [-0.4, -0.2) is 33.2 Å². The minimum atomic E-state index is -3.81. The van der Waals surface area contributed by atoms with E-state index in [-0.39, 0.29) is 41.9 Å². The summed E-state index contributed by atoms with van der Waals surface area (Å²) in [6, 6.07) is 12.0. The van der Waals surface area contributed by atoms with E-state index in [4.69, 9.17) is 0 Å². The molecule has 8 heteroatoms. The van der Waals surface area contributed by atoms with Crippen molar-refractivity contribution in [2.45, 2.75) is 24.7 Å². The number of benzene rings is 2. The Balaban J connectivity index is 1.79.